The van der Waals surface area contributed by atoms with Crippen LogP contribution in [0.3, 0.4) is 0 Å². The van der Waals surface area contributed by atoms with Crippen LogP contribution in [0, 0.1) is 0 Å². The zero-order valence-electron chi connectivity index (χ0n) is 45.9. The van der Waals surface area contributed by atoms with Gasteiger partial charge >= 0.3 is 18.9 Å². The van der Waals surface area contributed by atoms with E-state index in [-0.39, 0.29) is 67.4 Å². The van der Waals surface area contributed by atoms with Crippen LogP contribution < -0.4 is 9.47 Å². The Hall–Kier alpha value is -8.23. The molecule has 1 unspecified atom stereocenters. The van der Waals surface area contributed by atoms with Crippen LogP contribution >= 0.6 is 0 Å². The molecule has 11 rings (SSSR count). The second-order valence-corrected chi connectivity index (χ2v) is 24.1. The minimum absolute atomic E-state index is 0.152. The lowest BCUT2D eigenvalue weighted by molar-refractivity contribution is -0.475. The quantitative estimate of drug-likeness (QED) is 0.0253. The van der Waals surface area contributed by atoms with Gasteiger partial charge in [0.2, 0.25) is 0 Å². The summed E-state index contributed by atoms with van der Waals surface area (Å²) in [5.41, 5.74) is 5.36. The van der Waals surface area contributed by atoms with Crippen molar-refractivity contribution in [1.29, 1.82) is 0 Å². The molecule has 0 fully saturated rings. The number of fused-ring (bicyclic) bond motifs is 8. The van der Waals surface area contributed by atoms with E-state index in [1.54, 1.807) is 36.4 Å². The number of rotatable bonds is 24. The number of aryl methyl sites for hydroxylation is 2. The maximum atomic E-state index is 19.1. The van der Waals surface area contributed by atoms with Crippen LogP contribution in [0.1, 0.15) is 90.9 Å². The molecule has 9 aromatic rings. The van der Waals surface area contributed by atoms with E-state index in [2.05, 4.69) is 0 Å². The van der Waals surface area contributed by atoms with E-state index in [0.717, 1.165) is 43.6 Å². The molecular formula is C65H61BF2N2O12S2. The summed E-state index contributed by atoms with van der Waals surface area (Å²) in [5.74, 6) is 0.119. The average molecular weight is 1180 g/mol. The number of benzene rings is 8. The molecule has 0 radical (unpaired) electrons. The van der Waals surface area contributed by atoms with Gasteiger partial charge in [0.15, 0.2) is 5.71 Å². The summed E-state index contributed by atoms with van der Waals surface area (Å²) >= 11 is 0. The molecule has 1 aromatic heterocycles. The van der Waals surface area contributed by atoms with Gasteiger partial charge in [-0.3, -0.25) is 18.7 Å². The van der Waals surface area contributed by atoms with Gasteiger partial charge in [0.1, 0.15) is 17.5 Å². The van der Waals surface area contributed by atoms with Crippen molar-refractivity contribution < 1.29 is 67.6 Å². The molecule has 84 heavy (non-hydrogen) atoms. The van der Waals surface area contributed by atoms with Crippen molar-refractivity contribution in [1.82, 2.24) is 4.48 Å². The molecule has 19 heteroatoms. The maximum absolute atomic E-state index is 19.1. The number of halogens is 2. The van der Waals surface area contributed by atoms with Gasteiger partial charge in [-0.1, -0.05) is 97.1 Å². The summed E-state index contributed by atoms with van der Waals surface area (Å²) in [4.78, 5) is 25.1. The lowest BCUT2D eigenvalue weighted by Gasteiger charge is -2.36. The van der Waals surface area contributed by atoms with E-state index in [1.807, 2.05) is 109 Å². The molecule has 0 aliphatic carbocycles. The van der Waals surface area contributed by atoms with Crippen molar-refractivity contribution in [3.8, 4) is 22.8 Å². The third-order valence-corrected chi connectivity index (χ3v) is 17.4. The van der Waals surface area contributed by atoms with Crippen LogP contribution in [0.5, 0.6) is 11.5 Å². The number of nitrogens with zero attached hydrogens (tertiary/aromatic N) is 2. The van der Waals surface area contributed by atoms with Crippen LogP contribution in [0.15, 0.2) is 180 Å². The first-order valence-corrected chi connectivity index (χ1v) is 31.1. The normalized spacial score (nSPS) is 14.5. The number of para-hydroxylation sites is 2. The van der Waals surface area contributed by atoms with Crippen LogP contribution in [0.2, 0.25) is 0 Å². The number of aromatic nitrogens is 1. The van der Waals surface area contributed by atoms with Gasteiger partial charge in [0, 0.05) is 52.5 Å². The molecule has 0 bridgehead atoms. The Morgan fingerprint density at radius 1 is 0.524 bits per heavy atom. The number of esters is 2. The number of hydrogen-bond acceptors (Lipinski definition) is 10. The average Bonchev–Trinajstić information content (AvgIpc) is 1.64. The van der Waals surface area contributed by atoms with Crippen LogP contribution in [-0.2, 0) is 58.6 Å². The largest absolute Gasteiger partial charge is 0.732 e. The first kappa shape index (κ1) is 57.6. The number of hydrogen-bond donors (Lipinski definition) is 2. The molecule has 8 aromatic carbocycles. The first-order chi connectivity index (χ1) is 40.5. The molecule has 0 amide bonds. The maximum Gasteiger partial charge on any atom is 0.732 e. The second-order valence-electron chi connectivity index (χ2n) is 21.3. The Kier molecular flexibility index (Phi) is 16.8. The smallest absolute Gasteiger partial charge is 0.493 e. The highest BCUT2D eigenvalue weighted by molar-refractivity contribution is 7.86. The summed E-state index contributed by atoms with van der Waals surface area (Å²) in [7, 11) is -8.57. The lowest BCUT2D eigenvalue weighted by Crippen LogP contribution is -2.54. The fraction of sp³-hybridized carbons (Fsp3) is 0.246. The van der Waals surface area contributed by atoms with E-state index in [9.17, 15) is 35.5 Å². The summed E-state index contributed by atoms with van der Waals surface area (Å²) in [6.45, 7) is -3.88. The molecule has 0 spiro atoms. The molecule has 3 heterocycles. The number of ether oxygens (including phenoxy) is 4. The van der Waals surface area contributed by atoms with E-state index in [1.165, 1.54) is 33.2 Å². The zero-order valence-corrected chi connectivity index (χ0v) is 47.5. The SMILES string of the molecule is O=C(CCCCOc1ccccc1C1=[N+]2C(Cc3c4cc5ccccc5cc4c(-c4ccccc4OCCCCC(=O)OCCCc4ccc(S(=O)(=O)O)cc4)n3[B-]2(F)F)c2cc3ccccc3cc21)OCCCc1ccc(S(=O)(=O)O)cc1. The van der Waals surface area contributed by atoms with Crippen molar-refractivity contribution in [2.45, 2.75) is 86.5 Å². The Bertz CT molecular complexity index is 4230. The first-order valence-electron chi connectivity index (χ1n) is 28.2. The monoisotopic (exact) mass is 1170 g/mol. The van der Waals surface area contributed by atoms with Crippen molar-refractivity contribution in [2.75, 3.05) is 26.4 Å². The number of carbonyl (C=O) groups excluding carboxylic acids is 2. The highest BCUT2D eigenvalue weighted by Crippen LogP contribution is 2.50. The van der Waals surface area contributed by atoms with Crippen molar-refractivity contribution in [2.24, 2.45) is 0 Å². The molecule has 1 atom stereocenters. The van der Waals surface area contributed by atoms with E-state index in [0.29, 0.717) is 102 Å². The van der Waals surface area contributed by atoms with E-state index < -0.39 is 33.2 Å². The number of unbranched alkanes of at least 4 members (excludes halogenated alkanes) is 2. The third-order valence-electron chi connectivity index (χ3n) is 15.7. The van der Waals surface area contributed by atoms with Gasteiger partial charge < -0.3 is 36.5 Å². The minimum atomic E-state index is -4.66. The van der Waals surface area contributed by atoms with Gasteiger partial charge in [-0.15, -0.1) is 0 Å². The van der Waals surface area contributed by atoms with Crippen molar-refractivity contribution in [3.05, 3.63) is 203 Å². The summed E-state index contributed by atoms with van der Waals surface area (Å²) < 4.78 is 129. The molecular weight excluding hydrogens is 1110 g/mol. The number of carbonyl (C=O) groups is 2. The van der Waals surface area contributed by atoms with E-state index in [4.69, 9.17) is 18.9 Å². The molecule has 0 saturated heterocycles. The highest BCUT2D eigenvalue weighted by Gasteiger charge is 2.59. The van der Waals surface area contributed by atoms with E-state index >= 15 is 8.63 Å². The van der Waals surface area contributed by atoms with Crippen LogP contribution in [0.4, 0.5) is 8.63 Å². The third kappa shape index (κ3) is 12.4. The molecule has 14 nitrogen and oxygen atoms in total. The topological polar surface area (TPSA) is 188 Å². The fourth-order valence-corrected chi connectivity index (χ4v) is 12.6. The summed E-state index contributed by atoms with van der Waals surface area (Å²) in [6, 6.07) is 49.3. The summed E-state index contributed by atoms with van der Waals surface area (Å²) in [6.07, 6.45) is 4.60. The Morgan fingerprint density at radius 3 is 1.50 bits per heavy atom. The molecule has 0 saturated carbocycles. The van der Waals surface area contributed by atoms with Gasteiger partial charge in [0.25, 0.3) is 20.2 Å². The molecule has 2 aliphatic heterocycles. The van der Waals surface area contributed by atoms with Crippen molar-refractivity contribution in [3.63, 3.8) is 0 Å². The Morgan fingerprint density at radius 2 is 0.976 bits per heavy atom. The fourth-order valence-electron chi connectivity index (χ4n) is 11.7. The van der Waals surface area contributed by atoms with Gasteiger partial charge in [-0.25, -0.2) is 0 Å². The van der Waals surface area contributed by atoms with Gasteiger partial charge in [-0.2, -0.15) is 16.8 Å². The molecule has 2 aliphatic rings. The van der Waals surface area contributed by atoms with Gasteiger partial charge in [0.05, 0.1) is 47.3 Å². The van der Waals surface area contributed by atoms with Crippen LogP contribution in [-0.4, -0.2) is 86.0 Å². The Labute approximate surface area is 485 Å². The summed E-state index contributed by atoms with van der Waals surface area (Å²) in [5, 5.41) is 5.06. The standard InChI is InChI=1S/C65H61BF2N2O12S2/c67-66(68)69-58(54-39-46-17-1-3-19-48(46)41-56(54)64(69)52-21-5-7-23-60(52)79-35-11-9-25-62(71)81-37-13-15-44-27-31-50(32-28-44)83(73,74)75)43-59-55-40-47-18-2-4-20-49(47)42-57(55)65(70(59)66)53-22-6-8-24-61(53)80-36-12-10-26-63(72)82-38-14-16-45-29-33-51(34-30-45)84(76,77)78/h1-8,17-24,27-34,39-42,58H,9-16,25-26,35-38,43H2,(H,73,74,75)(H,76,77,78). The molecule has 2 N–H and O–H groups in total. The lowest BCUT2D eigenvalue weighted by atomic mass is 9.84. The van der Waals surface area contributed by atoms with Crippen LogP contribution in [0.25, 0.3) is 43.6 Å². The predicted molar refractivity (Wildman–Crippen MR) is 318 cm³/mol. The molecule has 432 valence electrons. The second kappa shape index (κ2) is 24.5. The Balaban J connectivity index is 0.828. The van der Waals surface area contributed by atoms with Gasteiger partial charge in [-0.05, 0) is 157 Å². The predicted octanol–water partition coefficient (Wildman–Crippen LogP) is 12.9. The highest BCUT2D eigenvalue weighted by atomic mass is 32.2. The van der Waals surface area contributed by atoms with Crippen molar-refractivity contribution >= 4 is 77.2 Å². The zero-order chi connectivity index (χ0) is 58.6. The minimum Gasteiger partial charge on any atom is -0.493 e.